The van der Waals surface area contributed by atoms with Gasteiger partial charge in [0.1, 0.15) is 23.4 Å². The summed E-state index contributed by atoms with van der Waals surface area (Å²) in [7, 11) is 0. The van der Waals surface area contributed by atoms with Gasteiger partial charge >= 0.3 is 5.91 Å². The van der Waals surface area contributed by atoms with Gasteiger partial charge in [-0.15, -0.1) is 0 Å². The highest BCUT2D eigenvalue weighted by molar-refractivity contribution is 7.22. The fourth-order valence-corrected chi connectivity index (χ4v) is 6.28. The van der Waals surface area contributed by atoms with Crippen molar-refractivity contribution < 1.29 is 24.2 Å². The molecule has 2 aliphatic heterocycles. The van der Waals surface area contributed by atoms with Crippen LogP contribution in [-0.2, 0) is 16.0 Å². The molecule has 7 nitrogen and oxygen atoms in total. The monoisotopic (exact) mass is 540 g/mol. The van der Waals surface area contributed by atoms with E-state index in [2.05, 4.69) is 0 Å². The van der Waals surface area contributed by atoms with Crippen molar-refractivity contribution >= 4 is 44.1 Å². The highest BCUT2D eigenvalue weighted by Gasteiger charge is 2.48. The van der Waals surface area contributed by atoms with Crippen LogP contribution in [0, 0.1) is 6.92 Å². The molecule has 198 valence electrons. The van der Waals surface area contributed by atoms with E-state index in [4.69, 9.17) is 14.5 Å². The Morgan fingerprint density at radius 1 is 1.15 bits per heavy atom. The van der Waals surface area contributed by atoms with E-state index < -0.39 is 17.7 Å². The Bertz CT molecular complexity index is 1660. The van der Waals surface area contributed by atoms with Crippen molar-refractivity contribution in [3.05, 3.63) is 88.5 Å². The lowest BCUT2D eigenvalue weighted by Gasteiger charge is -2.23. The van der Waals surface area contributed by atoms with E-state index in [1.165, 1.54) is 16.2 Å². The Hall–Kier alpha value is -4.17. The first-order chi connectivity index (χ1) is 18.8. The number of hydrogen-bond acceptors (Lipinski definition) is 7. The topological polar surface area (TPSA) is 89.0 Å². The molecule has 0 spiro atoms. The van der Waals surface area contributed by atoms with E-state index in [1.54, 1.807) is 12.1 Å². The summed E-state index contributed by atoms with van der Waals surface area (Å²) >= 11 is 1.35. The number of Topliss-reactive ketones (excluding diaryl/α,β-unsaturated/α-hetero) is 1. The van der Waals surface area contributed by atoms with Crippen LogP contribution in [0.2, 0.25) is 0 Å². The Labute approximate surface area is 230 Å². The van der Waals surface area contributed by atoms with Gasteiger partial charge in [0.05, 0.1) is 28.4 Å². The molecule has 6 rings (SSSR count). The maximum absolute atomic E-state index is 13.6. The molecule has 8 heteroatoms. The molecule has 1 N–H and O–H groups in total. The average molecular weight is 541 g/mol. The highest BCUT2D eigenvalue weighted by atomic mass is 32.1. The minimum atomic E-state index is -0.875. The van der Waals surface area contributed by atoms with Crippen LogP contribution in [0.1, 0.15) is 48.6 Å². The number of nitrogens with zero attached hydrogens (tertiary/aromatic N) is 2. The van der Waals surface area contributed by atoms with Gasteiger partial charge in [0.25, 0.3) is 5.78 Å². The smallest absolute Gasteiger partial charge is 0.301 e. The number of carbonyl (C=O) groups is 2. The summed E-state index contributed by atoms with van der Waals surface area (Å²) in [4.78, 5) is 33.3. The van der Waals surface area contributed by atoms with E-state index >= 15 is 0 Å². The molecule has 3 aromatic carbocycles. The van der Waals surface area contributed by atoms with Crippen molar-refractivity contribution in [2.75, 3.05) is 11.5 Å². The zero-order valence-electron chi connectivity index (χ0n) is 21.9. The lowest BCUT2D eigenvalue weighted by atomic mass is 9.94. The molecule has 0 bridgehead atoms. The summed E-state index contributed by atoms with van der Waals surface area (Å²) in [6, 6.07) is 17.7. The molecular weight excluding hydrogens is 512 g/mol. The summed E-state index contributed by atoms with van der Waals surface area (Å²) < 4.78 is 12.6. The number of aliphatic hydroxyl groups excluding tert-OH is 1. The number of carbonyl (C=O) groups excluding carboxylic acids is 2. The van der Waals surface area contributed by atoms with Crippen LogP contribution in [0.15, 0.2) is 66.2 Å². The van der Waals surface area contributed by atoms with Crippen LogP contribution < -0.4 is 14.4 Å². The normalized spacial score (nSPS) is 19.9. The maximum Gasteiger partial charge on any atom is 0.301 e. The zero-order chi connectivity index (χ0) is 27.3. The number of amides is 1. The maximum atomic E-state index is 13.6. The molecule has 0 unspecified atom stereocenters. The predicted molar refractivity (Wildman–Crippen MR) is 152 cm³/mol. The third kappa shape index (κ3) is 4.44. The number of benzene rings is 3. The first-order valence-corrected chi connectivity index (χ1v) is 13.9. The molecule has 0 radical (unpaired) electrons. The van der Waals surface area contributed by atoms with E-state index in [0.717, 1.165) is 33.5 Å². The zero-order valence-corrected chi connectivity index (χ0v) is 22.7. The summed E-state index contributed by atoms with van der Waals surface area (Å²) in [6.45, 7) is 6.54. The quantitative estimate of drug-likeness (QED) is 0.174. The van der Waals surface area contributed by atoms with Gasteiger partial charge in [0.15, 0.2) is 5.13 Å². The molecule has 0 saturated carbocycles. The molecule has 1 fully saturated rings. The Kier molecular flexibility index (Phi) is 6.35. The summed E-state index contributed by atoms with van der Waals surface area (Å²) in [5.74, 6) is -0.307. The van der Waals surface area contributed by atoms with Crippen molar-refractivity contribution in [3.8, 4) is 11.5 Å². The second-order valence-corrected chi connectivity index (χ2v) is 11.0. The first kappa shape index (κ1) is 25.1. The standard InChI is InChI=1S/C31H28N2O5S/c1-4-12-37-22-7-5-6-19(16-22)27-26(28(34)20-9-11-24-21(15-20)14-18(3)38-24)29(35)30(36)33(27)31-32-23-10-8-17(2)13-25(23)39-31/h5-11,13,15-16,18,27,34H,4,12,14H2,1-3H3/t18-,27-/m0/s1. The van der Waals surface area contributed by atoms with Gasteiger partial charge in [0, 0.05) is 12.0 Å². The summed E-state index contributed by atoms with van der Waals surface area (Å²) in [5, 5.41) is 12.0. The third-order valence-electron chi connectivity index (χ3n) is 7.00. The molecule has 2 atom stereocenters. The third-order valence-corrected chi connectivity index (χ3v) is 8.02. The van der Waals surface area contributed by atoms with E-state index in [1.807, 2.05) is 69.3 Å². The first-order valence-electron chi connectivity index (χ1n) is 13.0. The number of ether oxygens (including phenoxy) is 2. The van der Waals surface area contributed by atoms with Crippen LogP contribution >= 0.6 is 11.3 Å². The van der Waals surface area contributed by atoms with Gasteiger partial charge in [-0.1, -0.05) is 36.5 Å². The molecule has 3 heterocycles. The van der Waals surface area contributed by atoms with Crippen molar-refractivity contribution in [1.82, 2.24) is 4.98 Å². The minimum absolute atomic E-state index is 0.0231. The van der Waals surface area contributed by atoms with Gasteiger partial charge in [-0.3, -0.25) is 14.5 Å². The van der Waals surface area contributed by atoms with Crippen molar-refractivity contribution in [2.24, 2.45) is 0 Å². The highest BCUT2D eigenvalue weighted by Crippen LogP contribution is 2.45. The molecule has 0 aliphatic carbocycles. The SMILES string of the molecule is CCCOc1cccc([C@H]2C(=C(O)c3ccc4c(c3)C[C@H](C)O4)C(=O)C(=O)N2c2nc3ccc(C)cc3s2)c1. The second kappa shape index (κ2) is 9.85. The fraction of sp³-hybridized carbons (Fsp3) is 0.258. The Morgan fingerprint density at radius 3 is 2.82 bits per heavy atom. The van der Waals surface area contributed by atoms with Crippen molar-refractivity contribution in [1.29, 1.82) is 0 Å². The van der Waals surface area contributed by atoms with Crippen LogP contribution in [-0.4, -0.2) is 34.5 Å². The van der Waals surface area contributed by atoms with Crippen molar-refractivity contribution in [2.45, 2.75) is 45.8 Å². The Balaban J connectivity index is 1.52. The van der Waals surface area contributed by atoms with E-state index in [0.29, 0.717) is 35.0 Å². The molecule has 1 saturated heterocycles. The number of thiazole rings is 1. The van der Waals surface area contributed by atoms with Gasteiger partial charge in [-0.2, -0.15) is 0 Å². The van der Waals surface area contributed by atoms with E-state index in [9.17, 15) is 14.7 Å². The van der Waals surface area contributed by atoms with Crippen LogP contribution in [0.5, 0.6) is 11.5 Å². The molecule has 4 aromatic rings. The molecule has 2 aliphatic rings. The number of fused-ring (bicyclic) bond motifs is 2. The number of ketones is 1. The van der Waals surface area contributed by atoms with E-state index in [-0.39, 0.29) is 17.4 Å². The number of anilines is 1. The lowest BCUT2D eigenvalue weighted by molar-refractivity contribution is -0.132. The number of aryl methyl sites for hydroxylation is 1. The molecule has 1 aromatic heterocycles. The number of aliphatic hydroxyl groups is 1. The number of hydrogen-bond donors (Lipinski definition) is 1. The van der Waals surface area contributed by atoms with Crippen molar-refractivity contribution in [3.63, 3.8) is 0 Å². The van der Waals surface area contributed by atoms with Crippen LogP contribution in [0.25, 0.3) is 16.0 Å². The van der Waals surface area contributed by atoms with Gasteiger partial charge in [0.2, 0.25) is 0 Å². The van der Waals surface area contributed by atoms with Gasteiger partial charge < -0.3 is 14.6 Å². The number of aromatic nitrogens is 1. The Morgan fingerprint density at radius 2 is 2.00 bits per heavy atom. The second-order valence-electron chi connectivity index (χ2n) is 10.0. The fourth-order valence-electron chi connectivity index (χ4n) is 5.19. The summed E-state index contributed by atoms with van der Waals surface area (Å²) in [5.41, 5.74) is 3.91. The number of rotatable bonds is 6. The summed E-state index contributed by atoms with van der Waals surface area (Å²) in [6.07, 6.45) is 1.58. The van der Waals surface area contributed by atoms with Gasteiger partial charge in [-0.05, 0) is 79.4 Å². The molecule has 39 heavy (non-hydrogen) atoms. The largest absolute Gasteiger partial charge is 0.507 e. The average Bonchev–Trinajstić information content (AvgIpc) is 3.59. The van der Waals surface area contributed by atoms with Crippen LogP contribution in [0.4, 0.5) is 5.13 Å². The van der Waals surface area contributed by atoms with Crippen LogP contribution in [0.3, 0.4) is 0 Å². The molecule has 1 amide bonds. The molecular formula is C31H28N2O5S. The minimum Gasteiger partial charge on any atom is -0.507 e. The van der Waals surface area contributed by atoms with Gasteiger partial charge in [-0.25, -0.2) is 4.98 Å². The predicted octanol–water partition coefficient (Wildman–Crippen LogP) is 6.34. The lowest BCUT2D eigenvalue weighted by Crippen LogP contribution is -2.29.